The fourth-order valence-electron chi connectivity index (χ4n) is 3.89. The van der Waals surface area contributed by atoms with Crippen molar-refractivity contribution >= 4 is 51.2 Å². The van der Waals surface area contributed by atoms with Crippen molar-refractivity contribution in [2.24, 2.45) is 0 Å². The van der Waals surface area contributed by atoms with Crippen molar-refractivity contribution in [2.45, 2.75) is 0 Å². The molecule has 182 valence electrons. The average Bonchev–Trinajstić information content (AvgIpc) is 2.94. The van der Waals surface area contributed by atoms with Gasteiger partial charge < -0.3 is 20.7 Å². The van der Waals surface area contributed by atoms with E-state index in [1.807, 2.05) is 72.8 Å². The summed E-state index contributed by atoms with van der Waals surface area (Å²) in [6.07, 6.45) is 1.70. The molecule has 7 nitrogen and oxygen atoms in total. The van der Waals surface area contributed by atoms with E-state index in [0.29, 0.717) is 16.8 Å². The highest BCUT2D eigenvalue weighted by atomic mass is 16.5. The van der Waals surface area contributed by atoms with Crippen LogP contribution in [0.3, 0.4) is 0 Å². The number of nitrogens with zero attached hydrogens (tertiary/aromatic N) is 1. The number of aromatic nitrogens is 1. The Balaban J connectivity index is 1.25. The number of nitrogens with one attached hydrogen (secondary N) is 3. The van der Waals surface area contributed by atoms with Gasteiger partial charge in [0.25, 0.3) is 5.91 Å². The molecule has 37 heavy (non-hydrogen) atoms. The molecular weight excluding hydrogens is 464 g/mol. The van der Waals surface area contributed by atoms with Crippen LogP contribution in [0.5, 0.6) is 0 Å². The summed E-state index contributed by atoms with van der Waals surface area (Å²) in [5.41, 5.74) is 5.94. The molecule has 0 unspecified atom stereocenters. The van der Waals surface area contributed by atoms with Gasteiger partial charge in [0.1, 0.15) is 0 Å². The Morgan fingerprint density at radius 1 is 0.676 bits per heavy atom. The topological polar surface area (TPSA) is 92.3 Å². The lowest BCUT2D eigenvalue weighted by Crippen LogP contribution is -2.11. The Hall–Kier alpha value is -5.17. The highest BCUT2D eigenvalue weighted by Gasteiger charge is 2.10. The number of para-hydroxylation sites is 1. The Bertz CT molecular complexity index is 1550. The van der Waals surface area contributed by atoms with Gasteiger partial charge in [0.05, 0.1) is 18.2 Å². The molecule has 0 aliphatic heterocycles. The summed E-state index contributed by atoms with van der Waals surface area (Å²) in [6.45, 7) is 0. The smallest absolute Gasteiger partial charge is 0.337 e. The SMILES string of the molecule is COC(=O)c1ccc2nccc(Nc3ccc(C(=O)Nc4ccc(Nc5ccccc5)cc4)cc3)c2c1. The van der Waals surface area contributed by atoms with E-state index in [1.165, 1.54) is 7.11 Å². The number of hydrogen-bond donors (Lipinski definition) is 3. The Labute approximate surface area is 214 Å². The van der Waals surface area contributed by atoms with Gasteiger partial charge in [0.2, 0.25) is 0 Å². The van der Waals surface area contributed by atoms with Crippen molar-refractivity contribution in [2.75, 3.05) is 23.1 Å². The molecule has 7 heteroatoms. The first-order valence-corrected chi connectivity index (χ1v) is 11.7. The van der Waals surface area contributed by atoms with E-state index in [-0.39, 0.29) is 5.91 Å². The van der Waals surface area contributed by atoms with Crippen LogP contribution >= 0.6 is 0 Å². The number of hydrogen-bond acceptors (Lipinski definition) is 6. The maximum atomic E-state index is 12.8. The van der Waals surface area contributed by atoms with E-state index in [0.717, 1.165) is 33.7 Å². The van der Waals surface area contributed by atoms with Crippen molar-refractivity contribution in [3.8, 4) is 0 Å². The Kier molecular flexibility index (Phi) is 6.76. The maximum Gasteiger partial charge on any atom is 0.337 e. The molecule has 0 saturated heterocycles. The predicted molar refractivity (Wildman–Crippen MR) is 147 cm³/mol. The van der Waals surface area contributed by atoms with E-state index in [9.17, 15) is 9.59 Å². The summed E-state index contributed by atoms with van der Waals surface area (Å²) in [5, 5.41) is 10.4. The van der Waals surface area contributed by atoms with Crippen LogP contribution in [-0.4, -0.2) is 24.0 Å². The van der Waals surface area contributed by atoms with Crippen LogP contribution in [-0.2, 0) is 4.74 Å². The lowest BCUT2D eigenvalue weighted by molar-refractivity contribution is 0.0600. The molecule has 0 atom stereocenters. The first kappa shape index (κ1) is 23.6. The van der Waals surface area contributed by atoms with Gasteiger partial charge in [-0.15, -0.1) is 0 Å². The summed E-state index contributed by atoms with van der Waals surface area (Å²) < 4.78 is 4.83. The third-order valence-electron chi connectivity index (χ3n) is 5.79. The van der Waals surface area contributed by atoms with Gasteiger partial charge in [-0.1, -0.05) is 18.2 Å². The van der Waals surface area contributed by atoms with Gasteiger partial charge in [0.15, 0.2) is 0 Å². The molecule has 0 saturated carbocycles. The van der Waals surface area contributed by atoms with Gasteiger partial charge in [-0.3, -0.25) is 9.78 Å². The van der Waals surface area contributed by atoms with Crippen molar-refractivity contribution < 1.29 is 14.3 Å². The number of benzene rings is 4. The number of carbonyl (C=O) groups is 2. The van der Waals surface area contributed by atoms with Crippen LogP contribution in [0.1, 0.15) is 20.7 Å². The molecule has 0 radical (unpaired) electrons. The molecule has 5 rings (SSSR count). The van der Waals surface area contributed by atoms with Crippen molar-refractivity contribution in [1.29, 1.82) is 0 Å². The van der Waals surface area contributed by atoms with Crippen LogP contribution in [0.2, 0.25) is 0 Å². The molecule has 3 N–H and O–H groups in total. The van der Waals surface area contributed by atoms with E-state index < -0.39 is 5.97 Å². The van der Waals surface area contributed by atoms with E-state index in [2.05, 4.69) is 20.9 Å². The fraction of sp³-hybridized carbons (Fsp3) is 0.0333. The second-order valence-corrected chi connectivity index (χ2v) is 8.31. The largest absolute Gasteiger partial charge is 0.465 e. The minimum absolute atomic E-state index is 0.201. The second-order valence-electron chi connectivity index (χ2n) is 8.31. The Morgan fingerprint density at radius 3 is 2.03 bits per heavy atom. The molecular formula is C30H24N4O3. The minimum Gasteiger partial charge on any atom is -0.465 e. The molecule has 5 aromatic rings. The van der Waals surface area contributed by atoms with Gasteiger partial charge in [-0.05, 0) is 84.9 Å². The lowest BCUT2D eigenvalue weighted by Gasteiger charge is -2.11. The number of fused-ring (bicyclic) bond motifs is 1. The maximum absolute atomic E-state index is 12.8. The molecule has 0 aliphatic rings. The highest BCUT2D eigenvalue weighted by molar-refractivity contribution is 6.04. The highest BCUT2D eigenvalue weighted by Crippen LogP contribution is 2.27. The molecule has 1 amide bonds. The first-order chi connectivity index (χ1) is 18.1. The van der Waals surface area contributed by atoms with E-state index in [1.54, 1.807) is 36.5 Å². The third kappa shape index (κ3) is 5.57. The zero-order valence-corrected chi connectivity index (χ0v) is 20.1. The lowest BCUT2D eigenvalue weighted by atomic mass is 10.1. The summed E-state index contributed by atoms with van der Waals surface area (Å²) in [4.78, 5) is 29.1. The van der Waals surface area contributed by atoms with Gasteiger partial charge in [-0.2, -0.15) is 0 Å². The second kappa shape index (κ2) is 10.6. The minimum atomic E-state index is -0.408. The van der Waals surface area contributed by atoms with Gasteiger partial charge in [0, 0.05) is 45.6 Å². The zero-order chi connectivity index (χ0) is 25.6. The standard InChI is InChI=1S/C30H24N4O3/c1-37-30(36)21-9-16-27-26(19-21)28(17-18-31-27)33-24-10-7-20(8-11-24)29(35)34-25-14-12-23(13-15-25)32-22-5-3-2-4-6-22/h2-19,32H,1H3,(H,31,33)(H,34,35). The average molecular weight is 489 g/mol. The normalized spacial score (nSPS) is 10.5. The van der Waals surface area contributed by atoms with Crippen LogP contribution in [0, 0.1) is 0 Å². The molecule has 0 bridgehead atoms. The van der Waals surface area contributed by atoms with Crippen LogP contribution < -0.4 is 16.0 Å². The third-order valence-corrected chi connectivity index (χ3v) is 5.79. The number of methoxy groups -OCH3 is 1. The molecule has 4 aromatic carbocycles. The number of carbonyl (C=O) groups excluding carboxylic acids is 2. The number of rotatable bonds is 7. The number of pyridine rings is 1. The van der Waals surface area contributed by atoms with E-state index >= 15 is 0 Å². The van der Waals surface area contributed by atoms with Crippen LogP contribution in [0.15, 0.2) is 109 Å². The fourth-order valence-corrected chi connectivity index (χ4v) is 3.89. The quantitative estimate of drug-likeness (QED) is 0.219. The summed E-state index contributed by atoms with van der Waals surface area (Å²) in [7, 11) is 1.35. The molecule has 1 aromatic heterocycles. The number of esters is 1. The van der Waals surface area contributed by atoms with Crippen molar-refractivity contribution in [3.63, 3.8) is 0 Å². The monoisotopic (exact) mass is 488 g/mol. The van der Waals surface area contributed by atoms with Crippen molar-refractivity contribution in [3.05, 3.63) is 120 Å². The first-order valence-electron chi connectivity index (χ1n) is 11.7. The molecule has 1 heterocycles. The predicted octanol–water partition coefficient (Wildman–Crippen LogP) is 6.76. The summed E-state index contributed by atoms with van der Waals surface area (Å²) in [6, 6.07) is 31.7. The summed E-state index contributed by atoms with van der Waals surface area (Å²) >= 11 is 0. The van der Waals surface area contributed by atoms with Crippen molar-refractivity contribution in [1.82, 2.24) is 4.98 Å². The van der Waals surface area contributed by atoms with Crippen LogP contribution in [0.4, 0.5) is 28.4 Å². The molecule has 0 fully saturated rings. The number of ether oxygens (including phenoxy) is 1. The summed E-state index contributed by atoms with van der Waals surface area (Å²) in [5.74, 6) is -0.610. The number of amides is 1. The van der Waals surface area contributed by atoms with Gasteiger partial charge in [-0.25, -0.2) is 4.79 Å². The number of anilines is 5. The zero-order valence-electron chi connectivity index (χ0n) is 20.1. The van der Waals surface area contributed by atoms with Crippen LogP contribution in [0.25, 0.3) is 10.9 Å². The van der Waals surface area contributed by atoms with E-state index in [4.69, 9.17) is 4.74 Å². The van der Waals surface area contributed by atoms with Gasteiger partial charge >= 0.3 is 5.97 Å². The Morgan fingerprint density at radius 2 is 1.30 bits per heavy atom. The molecule has 0 aliphatic carbocycles. The molecule has 0 spiro atoms.